The number of hydrogen-bond acceptors (Lipinski definition) is 2. The molecule has 1 heterocycles. The van der Waals surface area contributed by atoms with Crippen LogP contribution in [-0.2, 0) is 11.2 Å². The maximum atomic E-state index is 5.66. The number of ether oxygens (including phenoxy) is 2. The zero-order valence-electron chi connectivity index (χ0n) is 9.24. The van der Waals surface area contributed by atoms with E-state index in [0.717, 1.165) is 25.2 Å². The summed E-state index contributed by atoms with van der Waals surface area (Å²) in [5, 5.41) is 0. The molecule has 0 amide bonds. The maximum Gasteiger partial charge on any atom is 0.119 e. The first-order valence-electron chi connectivity index (χ1n) is 5.72. The molecule has 1 aromatic carbocycles. The fourth-order valence-corrected chi connectivity index (χ4v) is 1.79. The van der Waals surface area contributed by atoms with Gasteiger partial charge in [-0.1, -0.05) is 19.1 Å². The molecule has 0 aliphatic carbocycles. The second-order valence-electron chi connectivity index (χ2n) is 3.94. The Morgan fingerprint density at radius 3 is 2.73 bits per heavy atom. The van der Waals surface area contributed by atoms with Crippen LogP contribution >= 0.6 is 0 Å². The van der Waals surface area contributed by atoms with Gasteiger partial charge in [0.15, 0.2) is 0 Å². The summed E-state index contributed by atoms with van der Waals surface area (Å²) in [5.41, 5.74) is 1.35. The Hall–Kier alpha value is -1.02. The third-order valence-corrected chi connectivity index (χ3v) is 2.79. The Bertz CT molecular complexity index is 286. The highest BCUT2D eigenvalue weighted by Crippen LogP contribution is 2.16. The van der Waals surface area contributed by atoms with E-state index >= 15 is 0 Å². The second-order valence-corrected chi connectivity index (χ2v) is 3.94. The van der Waals surface area contributed by atoms with Crippen LogP contribution in [0.15, 0.2) is 24.3 Å². The lowest BCUT2D eigenvalue weighted by Crippen LogP contribution is -2.16. The third-order valence-electron chi connectivity index (χ3n) is 2.79. The number of rotatable bonds is 4. The minimum absolute atomic E-state index is 0.302. The molecule has 1 fully saturated rings. The lowest BCUT2D eigenvalue weighted by atomic mass is 10.2. The Morgan fingerprint density at radius 1 is 1.33 bits per heavy atom. The summed E-state index contributed by atoms with van der Waals surface area (Å²) in [4.78, 5) is 0. The summed E-state index contributed by atoms with van der Waals surface area (Å²) in [6.07, 6.45) is 3.68. The maximum absolute atomic E-state index is 5.66. The number of hydrogen-bond donors (Lipinski definition) is 0. The molecule has 0 unspecified atom stereocenters. The van der Waals surface area contributed by atoms with E-state index in [1.54, 1.807) is 0 Å². The topological polar surface area (TPSA) is 18.5 Å². The van der Waals surface area contributed by atoms with E-state index in [0.29, 0.717) is 12.7 Å². The zero-order valence-corrected chi connectivity index (χ0v) is 9.24. The van der Waals surface area contributed by atoms with Gasteiger partial charge in [0.05, 0.1) is 6.10 Å². The summed E-state index contributed by atoms with van der Waals surface area (Å²) in [5.74, 6) is 0.947. The molecule has 1 aliphatic rings. The molecule has 15 heavy (non-hydrogen) atoms. The first-order valence-corrected chi connectivity index (χ1v) is 5.72. The van der Waals surface area contributed by atoms with Gasteiger partial charge in [-0.2, -0.15) is 0 Å². The van der Waals surface area contributed by atoms with Crippen molar-refractivity contribution in [3.8, 4) is 5.75 Å². The van der Waals surface area contributed by atoms with Crippen molar-refractivity contribution in [3.63, 3.8) is 0 Å². The van der Waals surface area contributed by atoms with Gasteiger partial charge in [-0.15, -0.1) is 0 Å². The molecule has 0 spiro atoms. The van der Waals surface area contributed by atoms with E-state index < -0.39 is 0 Å². The molecule has 2 rings (SSSR count). The van der Waals surface area contributed by atoms with Crippen molar-refractivity contribution < 1.29 is 9.47 Å². The van der Waals surface area contributed by atoms with Crippen molar-refractivity contribution in [1.29, 1.82) is 0 Å². The van der Waals surface area contributed by atoms with E-state index in [1.165, 1.54) is 12.0 Å². The lowest BCUT2D eigenvalue weighted by Gasteiger charge is -2.11. The predicted molar refractivity (Wildman–Crippen MR) is 60.3 cm³/mol. The van der Waals surface area contributed by atoms with Crippen molar-refractivity contribution >= 4 is 0 Å². The molecule has 1 atom stereocenters. The van der Waals surface area contributed by atoms with Gasteiger partial charge >= 0.3 is 0 Å². The van der Waals surface area contributed by atoms with Crippen molar-refractivity contribution in [1.82, 2.24) is 0 Å². The van der Waals surface area contributed by atoms with Gasteiger partial charge in [-0.3, -0.25) is 0 Å². The van der Waals surface area contributed by atoms with Crippen LogP contribution in [0.3, 0.4) is 0 Å². The Labute approximate surface area is 91.2 Å². The average Bonchev–Trinajstić information content (AvgIpc) is 2.80. The van der Waals surface area contributed by atoms with Crippen molar-refractivity contribution in [2.24, 2.45) is 0 Å². The summed E-state index contributed by atoms with van der Waals surface area (Å²) in [6, 6.07) is 8.30. The fraction of sp³-hybridized carbons (Fsp3) is 0.538. The van der Waals surface area contributed by atoms with Crippen LogP contribution in [0.2, 0.25) is 0 Å². The first-order chi connectivity index (χ1) is 7.38. The molecule has 0 bridgehead atoms. The zero-order chi connectivity index (χ0) is 10.5. The van der Waals surface area contributed by atoms with Gasteiger partial charge in [0.25, 0.3) is 0 Å². The summed E-state index contributed by atoms with van der Waals surface area (Å²) < 4.78 is 11.2. The average molecular weight is 206 g/mol. The highest BCUT2D eigenvalue weighted by Gasteiger charge is 2.15. The highest BCUT2D eigenvalue weighted by atomic mass is 16.5. The standard InChI is InChI=1S/C13H18O2/c1-2-11-5-7-12(8-6-11)15-10-13-4-3-9-14-13/h5-8,13H,2-4,9-10H2,1H3/t13-/m1/s1. The highest BCUT2D eigenvalue weighted by molar-refractivity contribution is 5.27. The van der Waals surface area contributed by atoms with Crippen LogP contribution in [0.5, 0.6) is 5.75 Å². The van der Waals surface area contributed by atoms with Crippen LogP contribution in [0.25, 0.3) is 0 Å². The molecule has 2 heteroatoms. The van der Waals surface area contributed by atoms with Crippen molar-refractivity contribution in [2.45, 2.75) is 32.3 Å². The number of benzene rings is 1. The molecular weight excluding hydrogens is 188 g/mol. The van der Waals surface area contributed by atoms with E-state index in [1.807, 2.05) is 12.1 Å². The summed E-state index contributed by atoms with van der Waals surface area (Å²) in [7, 11) is 0. The monoisotopic (exact) mass is 206 g/mol. The van der Waals surface area contributed by atoms with Gasteiger partial charge in [0, 0.05) is 6.61 Å². The summed E-state index contributed by atoms with van der Waals surface area (Å²) >= 11 is 0. The van der Waals surface area contributed by atoms with E-state index in [4.69, 9.17) is 9.47 Å². The van der Waals surface area contributed by atoms with E-state index in [-0.39, 0.29) is 0 Å². The lowest BCUT2D eigenvalue weighted by molar-refractivity contribution is 0.0679. The molecule has 0 saturated carbocycles. The molecule has 2 nitrogen and oxygen atoms in total. The predicted octanol–water partition coefficient (Wildman–Crippen LogP) is 2.81. The molecule has 1 saturated heterocycles. The smallest absolute Gasteiger partial charge is 0.119 e. The SMILES string of the molecule is CCc1ccc(OC[C@H]2CCCO2)cc1. The van der Waals surface area contributed by atoms with Crippen LogP contribution in [0.4, 0.5) is 0 Å². The van der Waals surface area contributed by atoms with E-state index in [9.17, 15) is 0 Å². The summed E-state index contributed by atoms with van der Waals surface area (Å²) in [6.45, 7) is 3.73. The molecule has 1 aliphatic heterocycles. The Morgan fingerprint density at radius 2 is 2.13 bits per heavy atom. The van der Waals surface area contributed by atoms with Gasteiger partial charge in [0.2, 0.25) is 0 Å². The second kappa shape index (κ2) is 5.17. The normalized spacial score (nSPS) is 20.5. The largest absolute Gasteiger partial charge is 0.491 e. The quantitative estimate of drug-likeness (QED) is 0.754. The molecule has 0 aromatic heterocycles. The first kappa shape index (κ1) is 10.5. The molecule has 0 radical (unpaired) electrons. The van der Waals surface area contributed by atoms with Gasteiger partial charge in [-0.25, -0.2) is 0 Å². The van der Waals surface area contributed by atoms with Crippen LogP contribution in [0, 0.1) is 0 Å². The van der Waals surface area contributed by atoms with Crippen LogP contribution in [0.1, 0.15) is 25.3 Å². The van der Waals surface area contributed by atoms with Crippen LogP contribution in [-0.4, -0.2) is 19.3 Å². The van der Waals surface area contributed by atoms with Gasteiger partial charge in [0.1, 0.15) is 12.4 Å². The third kappa shape index (κ3) is 2.96. The number of aryl methyl sites for hydroxylation is 1. The Balaban J connectivity index is 1.82. The molecular formula is C13H18O2. The van der Waals surface area contributed by atoms with Gasteiger partial charge < -0.3 is 9.47 Å². The minimum atomic E-state index is 0.302. The van der Waals surface area contributed by atoms with E-state index in [2.05, 4.69) is 19.1 Å². The van der Waals surface area contributed by atoms with Crippen molar-refractivity contribution in [3.05, 3.63) is 29.8 Å². The molecule has 1 aromatic rings. The fourth-order valence-electron chi connectivity index (χ4n) is 1.79. The van der Waals surface area contributed by atoms with Crippen molar-refractivity contribution in [2.75, 3.05) is 13.2 Å². The van der Waals surface area contributed by atoms with Crippen LogP contribution < -0.4 is 4.74 Å². The minimum Gasteiger partial charge on any atom is -0.491 e. The Kier molecular flexibility index (Phi) is 3.62. The molecule has 82 valence electrons. The molecule has 0 N–H and O–H groups in total. The van der Waals surface area contributed by atoms with Gasteiger partial charge in [-0.05, 0) is 37.0 Å².